The van der Waals surface area contributed by atoms with Crippen molar-refractivity contribution in [2.24, 2.45) is 0 Å². The summed E-state index contributed by atoms with van der Waals surface area (Å²) in [6, 6.07) is 0. The fourth-order valence-corrected chi connectivity index (χ4v) is 0.0991. The van der Waals surface area contributed by atoms with Crippen LogP contribution in [0.4, 0.5) is 4.39 Å². The predicted molar refractivity (Wildman–Crippen MR) is 26.4 cm³/mol. The van der Waals surface area contributed by atoms with E-state index in [0.29, 0.717) is 0 Å². The van der Waals surface area contributed by atoms with E-state index in [4.69, 9.17) is 0 Å². The molecule has 0 fully saturated rings. The smallest absolute Gasteiger partial charge is 0.258 e. The first-order chi connectivity index (χ1) is 3.55. The first-order valence-electron chi connectivity index (χ1n) is 1.73. The van der Waals surface area contributed by atoms with Gasteiger partial charge in [-0.05, 0) is 6.58 Å². The maximum absolute atomic E-state index is 11.6. The van der Waals surface area contributed by atoms with Gasteiger partial charge in [0.15, 0.2) is 5.83 Å². The second kappa shape index (κ2) is 2.20. The van der Waals surface area contributed by atoms with Crippen molar-refractivity contribution in [3.8, 4) is 0 Å². The maximum Gasteiger partial charge on any atom is 0.297 e. The average Bonchev–Trinajstić information content (AvgIpc) is 1.64. The van der Waals surface area contributed by atoms with E-state index in [1.165, 1.54) is 0 Å². The Hall–Kier alpha value is -1.19. The van der Waals surface area contributed by atoms with Gasteiger partial charge in [0.1, 0.15) is 0 Å². The van der Waals surface area contributed by atoms with Gasteiger partial charge in [-0.3, -0.25) is 10.1 Å². The highest BCUT2D eigenvalue weighted by Crippen LogP contribution is 2.04. The van der Waals surface area contributed by atoms with E-state index >= 15 is 0 Å². The van der Waals surface area contributed by atoms with Gasteiger partial charge in [0.05, 0.1) is 4.92 Å². The average molecular weight is 117 g/mol. The number of hydrogen-bond donors (Lipinski definition) is 0. The van der Waals surface area contributed by atoms with Crippen LogP contribution in [0.5, 0.6) is 0 Å². The molecular weight excluding hydrogens is 113 g/mol. The van der Waals surface area contributed by atoms with Gasteiger partial charge in [-0.15, -0.1) is 0 Å². The summed E-state index contributed by atoms with van der Waals surface area (Å²) in [6.45, 7) is 5.45. The molecule has 0 amide bonds. The second-order valence-corrected chi connectivity index (χ2v) is 1.11. The molecule has 0 aliphatic carbocycles. The van der Waals surface area contributed by atoms with E-state index in [1.54, 1.807) is 0 Å². The first-order valence-corrected chi connectivity index (χ1v) is 1.73. The van der Waals surface area contributed by atoms with Crippen LogP contribution >= 0.6 is 0 Å². The maximum atomic E-state index is 11.6. The van der Waals surface area contributed by atoms with Gasteiger partial charge >= 0.3 is 0 Å². The lowest BCUT2D eigenvalue weighted by atomic mass is 10.5. The molecular formula is C4H4FNO2. The van der Waals surface area contributed by atoms with Crippen LogP contribution in [0.3, 0.4) is 0 Å². The molecule has 0 N–H and O–H groups in total. The van der Waals surface area contributed by atoms with Gasteiger partial charge in [0, 0.05) is 0 Å². The second-order valence-electron chi connectivity index (χ2n) is 1.11. The van der Waals surface area contributed by atoms with Gasteiger partial charge in [0.25, 0.3) is 5.70 Å². The van der Waals surface area contributed by atoms with Crippen LogP contribution in [0.1, 0.15) is 0 Å². The molecule has 3 nitrogen and oxygen atoms in total. The fraction of sp³-hybridized carbons (Fsp3) is 0. The summed E-state index contributed by atoms with van der Waals surface area (Å²) < 4.78 is 11.6. The van der Waals surface area contributed by atoms with E-state index in [9.17, 15) is 14.5 Å². The highest BCUT2D eigenvalue weighted by atomic mass is 19.1. The third kappa shape index (κ3) is 1.51. The Morgan fingerprint density at radius 2 is 2.00 bits per heavy atom. The van der Waals surface area contributed by atoms with E-state index in [0.717, 1.165) is 0 Å². The van der Waals surface area contributed by atoms with Gasteiger partial charge in [-0.2, -0.15) is 0 Å². The zero-order valence-corrected chi connectivity index (χ0v) is 4.06. The Morgan fingerprint density at radius 1 is 1.62 bits per heavy atom. The van der Waals surface area contributed by atoms with Crippen LogP contribution in [0, 0.1) is 10.1 Å². The van der Waals surface area contributed by atoms with Crippen molar-refractivity contribution in [3.05, 3.63) is 34.8 Å². The van der Waals surface area contributed by atoms with Crippen LogP contribution in [0.25, 0.3) is 0 Å². The largest absolute Gasteiger partial charge is 0.297 e. The van der Waals surface area contributed by atoms with Crippen LogP contribution in [-0.4, -0.2) is 4.92 Å². The van der Waals surface area contributed by atoms with Crippen molar-refractivity contribution in [2.75, 3.05) is 0 Å². The number of rotatable bonds is 2. The molecule has 8 heavy (non-hydrogen) atoms. The molecule has 0 aromatic carbocycles. The monoisotopic (exact) mass is 117 g/mol. The third-order valence-electron chi connectivity index (χ3n) is 0.534. The van der Waals surface area contributed by atoms with Crippen molar-refractivity contribution in [3.63, 3.8) is 0 Å². The van der Waals surface area contributed by atoms with Crippen molar-refractivity contribution < 1.29 is 9.31 Å². The van der Waals surface area contributed by atoms with Crippen LogP contribution in [0.15, 0.2) is 24.7 Å². The molecule has 0 aliphatic heterocycles. The molecule has 0 bridgehead atoms. The highest BCUT2D eigenvalue weighted by molar-refractivity contribution is 5.09. The Bertz CT molecular complexity index is 136. The summed E-state index contributed by atoms with van der Waals surface area (Å²) >= 11 is 0. The van der Waals surface area contributed by atoms with E-state index in [1.807, 2.05) is 0 Å². The Kier molecular flexibility index (Phi) is 1.88. The first kappa shape index (κ1) is 6.81. The van der Waals surface area contributed by atoms with Crippen LogP contribution in [0.2, 0.25) is 0 Å². The number of halogens is 1. The van der Waals surface area contributed by atoms with Crippen LogP contribution < -0.4 is 0 Å². The minimum absolute atomic E-state index is 0.787. The topological polar surface area (TPSA) is 43.1 Å². The molecule has 0 saturated carbocycles. The summed E-state index contributed by atoms with van der Waals surface area (Å²) in [6.07, 6.45) is 0. The Morgan fingerprint density at radius 3 is 2.00 bits per heavy atom. The summed E-state index contributed by atoms with van der Waals surface area (Å²) in [5.41, 5.74) is -0.787. The van der Waals surface area contributed by atoms with E-state index in [-0.39, 0.29) is 0 Å². The molecule has 0 saturated heterocycles. The van der Waals surface area contributed by atoms with Crippen molar-refractivity contribution in [1.29, 1.82) is 0 Å². The van der Waals surface area contributed by atoms with Gasteiger partial charge in [-0.25, -0.2) is 4.39 Å². The van der Waals surface area contributed by atoms with Gasteiger partial charge in [0.2, 0.25) is 0 Å². The minimum atomic E-state index is -1.10. The fourth-order valence-electron chi connectivity index (χ4n) is 0.0991. The summed E-state index contributed by atoms with van der Waals surface area (Å²) in [4.78, 5) is 8.62. The van der Waals surface area contributed by atoms with Crippen molar-refractivity contribution in [1.82, 2.24) is 0 Å². The summed E-state index contributed by atoms with van der Waals surface area (Å²) in [5, 5.41) is 9.55. The van der Waals surface area contributed by atoms with Gasteiger partial charge < -0.3 is 0 Å². The number of nitrogens with zero attached hydrogens (tertiary/aromatic N) is 1. The zero-order valence-electron chi connectivity index (χ0n) is 4.06. The molecule has 44 valence electrons. The van der Waals surface area contributed by atoms with Crippen molar-refractivity contribution in [2.45, 2.75) is 0 Å². The van der Waals surface area contributed by atoms with Crippen LogP contribution in [-0.2, 0) is 0 Å². The normalized spacial score (nSPS) is 8.12. The number of nitro groups is 1. The number of allylic oxidation sites excluding steroid dienone is 1. The molecule has 4 heteroatoms. The summed E-state index contributed by atoms with van der Waals surface area (Å²) in [5.74, 6) is -1.10. The van der Waals surface area contributed by atoms with Crippen molar-refractivity contribution >= 4 is 0 Å². The number of hydrogen-bond acceptors (Lipinski definition) is 2. The molecule has 0 atom stereocenters. The molecule has 0 aromatic rings. The minimum Gasteiger partial charge on any atom is -0.258 e. The molecule has 0 rings (SSSR count). The molecule has 0 heterocycles. The Balaban J connectivity index is 4.05. The molecule has 0 spiro atoms. The SMILES string of the molecule is C=C(F)C(=C)[N+](=O)[O-]. The zero-order chi connectivity index (χ0) is 6.73. The van der Waals surface area contributed by atoms with E-state index < -0.39 is 16.4 Å². The molecule has 0 unspecified atom stereocenters. The lowest BCUT2D eigenvalue weighted by molar-refractivity contribution is -0.422. The Labute approximate surface area is 45.3 Å². The molecule has 0 radical (unpaired) electrons. The highest BCUT2D eigenvalue weighted by Gasteiger charge is 2.09. The molecule has 0 aliphatic rings. The predicted octanol–water partition coefficient (Wildman–Crippen LogP) is 1.26. The standard InChI is InChI=1S/C4H4FNO2/c1-3(5)4(2)6(7)8/h1-2H2. The van der Waals surface area contributed by atoms with Gasteiger partial charge in [-0.1, -0.05) is 6.58 Å². The quantitative estimate of drug-likeness (QED) is 0.310. The molecule has 0 aromatic heterocycles. The lowest BCUT2D eigenvalue weighted by Gasteiger charge is -1.85. The lowest BCUT2D eigenvalue weighted by Crippen LogP contribution is -1.95. The van der Waals surface area contributed by atoms with E-state index in [2.05, 4.69) is 13.2 Å². The summed E-state index contributed by atoms with van der Waals surface area (Å²) in [7, 11) is 0. The third-order valence-corrected chi connectivity index (χ3v) is 0.534.